The Hall–Kier alpha value is -1.31. The number of hydrogen-bond donors (Lipinski definition) is 0. The molecule has 0 fully saturated rings. The maximum absolute atomic E-state index is 4.47. The second-order valence-electron chi connectivity index (χ2n) is 3.26. The van der Waals surface area contributed by atoms with Crippen LogP contribution >= 0.6 is 0 Å². The monoisotopic (exact) mass is 174 g/mol. The molecule has 2 aliphatic rings. The van der Waals surface area contributed by atoms with Crippen LogP contribution in [0.1, 0.15) is 12.8 Å². The molecule has 0 aromatic rings. The summed E-state index contributed by atoms with van der Waals surface area (Å²) >= 11 is 0. The van der Waals surface area contributed by atoms with Crippen molar-refractivity contribution >= 4 is 5.84 Å². The predicted molar refractivity (Wildman–Crippen MR) is 55.6 cm³/mol. The predicted octanol–water partition coefficient (Wildman–Crippen LogP) is 2.12. The molecular formula is C11H14N2. The van der Waals surface area contributed by atoms with Crippen molar-refractivity contribution in [3.05, 3.63) is 37.1 Å². The first kappa shape index (κ1) is 8.30. The maximum Gasteiger partial charge on any atom is 0.104 e. The van der Waals surface area contributed by atoms with E-state index in [0.29, 0.717) is 6.04 Å². The molecule has 2 rings (SSSR count). The highest BCUT2D eigenvalue weighted by Gasteiger charge is 2.18. The topological polar surface area (TPSA) is 15.6 Å². The zero-order chi connectivity index (χ0) is 9.10. The Bertz CT molecular complexity index is 286. The number of hydrogen-bond acceptors (Lipinski definition) is 2. The van der Waals surface area contributed by atoms with Gasteiger partial charge in [0.05, 0.1) is 6.04 Å². The van der Waals surface area contributed by atoms with Gasteiger partial charge in [0.25, 0.3) is 0 Å². The van der Waals surface area contributed by atoms with Gasteiger partial charge in [-0.3, -0.25) is 4.99 Å². The molecular weight excluding hydrogens is 160 g/mol. The van der Waals surface area contributed by atoms with E-state index in [1.54, 1.807) is 0 Å². The second kappa shape index (κ2) is 3.60. The van der Waals surface area contributed by atoms with E-state index < -0.39 is 0 Å². The molecule has 2 heterocycles. The number of rotatable bonds is 1. The molecule has 13 heavy (non-hydrogen) atoms. The van der Waals surface area contributed by atoms with E-state index in [-0.39, 0.29) is 0 Å². The normalized spacial score (nSPS) is 26.3. The van der Waals surface area contributed by atoms with Gasteiger partial charge >= 0.3 is 0 Å². The van der Waals surface area contributed by atoms with Gasteiger partial charge in [0.1, 0.15) is 5.84 Å². The zero-order valence-corrected chi connectivity index (χ0v) is 7.69. The second-order valence-corrected chi connectivity index (χ2v) is 3.26. The summed E-state index contributed by atoms with van der Waals surface area (Å²) < 4.78 is 0. The van der Waals surface area contributed by atoms with Crippen molar-refractivity contribution in [3.8, 4) is 0 Å². The lowest BCUT2D eigenvalue weighted by Crippen LogP contribution is -2.33. The summed E-state index contributed by atoms with van der Waals surface area (Å²) in [4.78, 5) is 6.66. The van der Waals surface area contributed by atoms with E-state index in [1.807, 2.05) is 12.2 Å². The Morgan fingerprint density at radius 3 is 3.15 bits per heavy atom. The molecule has 1 unspecified atom stereocenters. The first-order valence-corrected chi connectivity index (χ1v) is 4.71. The van der Waals surface area contributed by atoms with Crippen molar-refractivity contribution in [2.24, 2.45) is 4.99 Å². The summed E-state index contributed by atoms with van der Waals surface area (Å²) in [6.45, 7) is 4.80. The van der Waals surface area contributed by atoms with Gasteiger partial charge in [0.15, 0.2) is 0 Å². The van der Waals surface area contributed by atoms with Crippen LogP contribution in [0.3, 0.4) is 0 Å². The van der Waals surface area contributed by atoms with E-state index in [9.17, 15) is 0 Å². The quantitative estimate of drug-likeness (QED) is 0.556. The summed E-state index contributed by atoms with van der Waals surface area (Å²) in [5.41, 5.74) is 0. The van der Waals surface area contributed by atoms with Crippen LogP contribution < -0.4 is 0 Å². The van der Waals surface area contributed by atoms with Crippen LogP contribution in [0.4, 0.5) is 0 Å². The van der Waals surface area contributed by atoms with Crippen molar-refractivity contribution < 1.29 is 0 Å². The number of allylic oxidation sites excluding steroid dienone is 2. The van der Waals surface area contributed by atoms with Crippen molar-refractivity contribution in [3.63, 3.8) is 0 Å². The lowest BCUT2D eigenvalue weighted by atomic mass is 10.1. The van der Waals surface area contributed by atoms with E-state index in [2.05, 4.69) is 34.8 Å². The molecule has 0 aliphatic carbocycles. The Morgan fingerprint density at radius 2 is 2.46 bits per heavy atom. The SMILES string of the molecule is C=CC1C=CC=CN1C1=NCCC1. The molecule has 2 heteroatoms. The molecule has 0 aromatic carbocycles. The van der Waals surface area contributed by atoms with E-state index in [1.165, 1.54) is 12.3 Å². The van der Waals surface area contributed by atoms with E-state index >= 15 is 0 Å². The third kappa shape index (κ3) is 1.57. The number of aliphatic imine (C=N–C) groups is 1. The maximum atomic E-state index is 4.47. The van der Waals surface area contributed by atoms with Crippen LogP contribution in [-0.4, -0.2) is 23.3 Å². The highest BCUT2D eigenvalue weighted by Crippen LogP contribution is 2.16. The fraction of sp³-hybridized carbons (Fsp3) is 0.364. The van der Waals surface area contributed by atoms with Gasteiger partial charge in [-0.05, 0) is 12.5 Å². The average molecular weight is 174 g/mol. The molecule has 0 bridgehead atoms. The molecule has 2 nitrogen and oxygen atoms in total. The highest BCUT2D eigenvalue weighted by atomic mass is 15.2. The Balaban J connectivity index is 2.16. The largest absolute Gasteiger partial charge is 0.326 e. The molecule has 0 spiro atoms. The van der Waals surface area contributed by atoms with Gasteiger partial charge in [-0.2, -0.15) is 0 Å². The minimum absolute atomic E-state index is 0.293. The van der Waals surface area contributed by atoms with Crippen LogP contribution in [0.15, 0.2) is 42.1 Å². The molecule has 0 radical (unpaired) electrons. The Labute approximate surface area is 79.0 Å². The number of amidine groups is 1. The highest BCUT2D eigenvalue weighted by molar-refractivity contribution is 5.85. The standard InChI is InChI=1S/C11H14N2/c1-2-10-6-3-4-9-13(10)11-7-5-8-12-11/h2-4,6,9-10H,1,5,7-8H2. The third-order valence-corrected chi connectivity index (χ3v) is 2.38. The fourth-order valence-electron chi connectivity index (χ4n) is 1.70. The van der Waals surface area contributed by atoms with E-state index in [0.717, 1.165) is 13.0 Å². The summed E-state index contributed by atoms with van der Waals surface area (Å²) in [5.74, 6) is 1.20. The number of nitrogens with zero attached hydrogens (tertiary/aromatic N) is 2. The van der Waals surface area contributed by atoms with Crippen molar-refractivity contribution in [1.29, 1.82) is 0 Å². The van der Waals surface area contributed by atoms with E-state index in [4.69, 9.17) is 0 Å². The van der Waals surface area contributed by atoms with Crippen molar-refractivity contribution in [2.75, 3.05) is 6.54 Å². The zero-order valence-electron chi connectivity index (χ0n) is 7.69. The van der Waals surface area contributed by atoms with Gasteiger partial charge in [-0.1, -0.05) is 18.2 Å². The first-order chi connectivity index (χ1) is 6.42. The smallest absolute Gasteiger partial charge is 0.104 e. The van der Waals surface area contributed by atoms with Crippen molar-refractivity contribution in [1.82, 2.24) is 4.90 Å². The molecule has 0 N–H and O–H groups in total. The Morgan fingerprint density at radius 1 is 1.54 bits per heavy atom. The fourth-order valence-corrected chi connectivity index (χ4v) is 1.70. The lowest BCUT2D eigenvalue weighted by molar-refractivity contribution is 0.523. The molecule has 68 valence electrons. The van der Waals surface area contributed by atoms with Crippen LogP contribution in [0.2, 0.25) is 0 Å². The summed E-state index contributed by atoms with van der Waals surface area (Å²) in [6.07, 6.45) is 12.5. The molecule has 1 atom stereocenters. The molecule has 0 saturated heterocycles. The van der Waals surface area contributed by atoms with Crippen LogP contribution in [0.25, 0.3) is 0 Å². The van der Waals surface area contributed by atoms with Crippen molar-refractivity contribution in [2.45, 2.75) is 18.9 Å². The van der Waals surface area contributed by atoms with Gasteiger partial charge in [0.2, 0.25) is 0 Å². The molecule has 0 saturated carbocycles. The average Bonchev–Trinajstić information content (AvgIpc) is 2.70. The summed E-state index contributed by atoms with van der Waals surface area (Å²) in [6, 6.07) is 0.293. The van der Waals surface area contributed by atoms with Crippen LogP contribution in [0, 0.1) is 0 Å². The van der Waals surface area contributed by atoms with Crippen LogP contribution in [-0.2, 0) is 0 Å². The third-order valence-electron chi connectivity index (χ3n) is 2.38. The first-order valence-electron chi connectivity index (χ1n) is 4.71. The van der Waals surface area contributed by atoms with Gasteiger partial charge in [-0.15, -0.1) is 6.58 Å². The Kier molecular flexibility index (Phi) is 2.30. The van der Waals surface area contributed by atoms with Gasteiger partial charge in [-0.25, -0.2) is 0 Å². The summed E-state index contributed by atoms with van der Waals surface area (Å²) in [5, 5.41) is 0. The molecule has 2 aliphatic heterocycles. The van der Waals surface area contributed by atoms with Crippen LogP contribution in [0.5, 0.6) is 0 Å². The lowest BCUT2D eigenvalue weighted by Gasteiger charge is -2.27. The summed E-state index contributed by atoms with van der Waals surface area (Å²) in [7, 11) is 0. The molecule has 0 amide bonds. The minimum Gasteiger partial charge on any atom is -0.326 e. The minimum atomic E-state index is 0.293. The van der Waals surface area contributed by atoms with Gasteiger partial charge < -0.3 is 4.90 Å². The van der Waals surface area contributed by atoms with Gasteiger partial charge in [0, 0.05) is 19.2 Å². The molecule has 0 aromatic heterocycles.